The summed E-state index contributed by atoms with van der Waals surface area (Å²) in [5, 5.41) is 0.736. The van der Waals surface area contributed by atoms with Gasteiger partial charge < -0.3 is 10.6 Å². The van der Waals surface area contributed by atoms with Gasteiger partial charge in [0.2, 0.25) is 5.91 Å². The summed E-state index contributed by atoms with van der Waals surface area (Å²) in [6.45, 7) is 2.21. The molecule has 1 aliphatic carbocycles. The van der Waals surface area contributed by atoms with Crippen LogP contribution in [0.5, 0.6) is 0 Å². The molecule has 2 atom stereocenters. The number of nitrogens with zero attached hydrogens (tertiary/aromatic N) is 1. The van der Waals surface area contributed by atoms with E-state index in [9.17, 15) is 4.79 Å². The second-order valence-corrected chi connectivity index (χ2v) is 7.33. The van der Waals surface area contributed by atoms with Crippen LogP contribution in [0.2, 0.25) is 0 Å². The molecule has 1 saturated carbocycles. The van der Waals surface area contributed by atoms with Crippen molar-refractivity contribution in [3.8, 4) is 0 Å². The van der Waals surface area contributed by atoms with E-state index in [-0.39, 0.29) is 5.91 Å². The predicted octanol–water partition coefficient (Wildman–Crippen LogP) is 3.33. The Morgan fingerprint density at radius 1 is 1.38 bits per heavy atom. The molecule has 1 amide bonds. The molecule has 2 rings (SSSR count). The Hall–Kier alpha value is -1.16. The number of nitrogens with two attached hydrogens (primary N) is 1. The lowest BCUT2D eigenvalue weighted by atomic mass is 10.1. The number of carbonyl (C=O) groups is 1. The van der Waals surface area contributed by atoms with Crippen molar-refractivity contribution in [1.82, 2.24) is 4.90 Å². The normalized spacial score (nSPS) is 21.4. The molecular weight excluding hydrogens is 280 g/mol. The van der Waals surface area contributed by atoms with E-state index in [2.05, 4.69) is 6.92 Å². The Morgan fingerprint density at radius 3 is 2.86 bits per heavy atom. The van der Waals surface area contributed by atoms with Crippen LogP contribution in [0.25, 0.3) is 0 Å². The molecule has 0 aliphatic heterocycles. The maximum Gasteiger partial charge on any atom is 0.222 e. The first kappa shape index (κ1) is 16.2. The van der Waals surface area contributed by atoms with Crippen LogP contribution in [-0.4, -0.2) is 34.9 Å². The molecule has 1 aromatic rings. The zero-order chi connectivity index (χ0) is 15.2. The van der Waals surface area contributed by atoms with Gasteiger partial charge in [-0.2, -0.15) is 11.8 Å². The summed E-state index contributed by atoms with van der Waals surface area (Å²) in [6.07, 6.45) is 4.82. The number of thioether (sulfide) groups is 1. The number of amides is 1. The third-order valence-electron chi connectivity index (χ3n) is 4.36. The van der Waals surface area contributed by atoms with Gasteiger partial charge in [0.25, 0.3) is 0 Å². The SMILES string of the molecule is CCSC1CCC(N(C)C(=O)CCc2ccccc2N)C1. The third-order valence-corrected chi connectivity index (χ3v) is 5.60. The minimum Gasteiger partial charge on any atom is -0.399 e. The van der Waals surface area contributed by atoms with E-state index < -0.39 is 0 Å². The van der Waals surface area contributed by atoms with Crippen molar-refractivity contribution in [2.24, 2.45) is 0 Å². The summed E-state index contributed by atoms with van der Waals surface area (Å²) in [7, 11) is 1.96. The number of carbonyl (C=O) groups excluding carboxylic acids is 1. The van der Waals surface area contributed by atoms with E-state index in [4.69, 9.17) is 5.73 Å². The molecule has 0 aromatic heterocycles. The second-order valence-electron chi connectivity index (χ2n) is 5.75. The van der Waals surface area contributed by atoms with Gasteiger partial charge >= 0.3 is 0 Å². The summed E-state index contributed by atoms with van der Waals surface area (Å²) in [6, 6.07) is 8.23. The van der Waals surface area contributed by atoms with Crippen LogP contribution in [0.3, 0.4) is 0 Å². The van der Waals surface area contributed by atoms with Gasteiger partial charge in [-0.25, -0.2) is 0 Å². The first-order chi connectivity index (χ1) is 10.1. The van der Waals surface area contributed by atoms with Gasteiger partial charge in [0.15, 0.2) is 0 Å². The highest BCUT2D eigenvalue weighted by atomic mass is 32.2. The van der Waals surface area contributed by atoms with Gasteiger partial charge in [-0.15, -0.1) is 0 Å². The first-order valence-corrected chi connectivity index (χ1v) is 8.87. The lowest BCUT2D eigenvalue weighted by Crippen LogP contribution is -2.35. The maximum absolute atomic E-state index is 12.4. The number of rotatable bonds is 6. The number of para-hydroxylation sites is 1. The molecule has 2 unspecified atom stereocenters. The van der Waals surface area contributed by atoms with Crippen LogP contribution in [-0.2, 0) is 11.2 Å². The lowest BCUT2D eigenvalue weighted by Gasteiger charge is -2.25. The quantitative estimate of drug-likeness (QED) is 0.820. The average Bonchev–Trinajstić information content (AvgIpc) is 2.94. The molecule has 0 radical (unpaired) electrons. The standard InChI is InChI=1S/C17H26N2OS/c1-3-21-15-10-9-14(12-15)19(2)17(20)11-8-13-6-4-5-7-16(13)18/h4-7,14-15H,3,8-12,18H2,1-2H3. The van der Waals surface area contributed by atoms with Crippen molar-refractivity contribution in [1.29, 1.82) is 0 Å². The lowest BCUT2D eigenvalue weighted by molar-refractivity contribution is -0.131. The largest absolute Gasteiger partial charge is 0.399 e. The molecule has 1 aliphatic rings. The fourth-order valence-electron chi connectivity index (χ4n) is 3.04. The van der Waals surface area contributed by atoms with Gasteiger partial charge in [-0.05, 0) is 43.1 Å². The highest BCUT2D eigenvalue weighted by molar-refractivity contribution is 7.99. The zero-order valence-corrected chi connectivity index (χ0v) is 13.9. The van der Waals surface area contributed by atoms with E-state index in [0.29, 0.717) is 12.5 Å². The van der Waals surface area contributed by atoms with Crippen LogP contribution in [0.15, 0.2) is 24.3 Å². The number of benzene rings is 1. The van der Waals surface area contributed by atoms with Crippen molar-refractivity contribution < 1.29 is 4.79 Å². The summed E-state index contributed by atoms with van der Waals surface area (Å²) in [5.74, 6) is 1.41. The van der Waals surface area contributed by atoms with Crippen molar-refractivity contribution in [3.05, 3.63) is 29.8 Å². The molecule has 0 bridgehead atoms. The summed E-state index contributed by atoms with van der Waals surface area (Å²) in [5.41, 5.74) is 7.79. The van der Waals surface area contributed by atoms with Crippen LogP contribution in [0.4, 0.5) is 5.69 Å². The molecular formula is C17H26N2OS. The zero-order valence-electron chi connectivity index (χ0n) is 13.0. The highest BCUT2D eigenvalue weighted by Gasteiger charge is 2.29. The Bertz CT molecular complexity index is 478. The number of anilines is 1. The summed E-state index contributed by atoms with van der Waals surface area (Å²) < 4.78 is 0. The fraction of sp³-hybridized carbons (Fsp3) is 0.588. The minimum atomic E-state index is 0.241. The molecule has 1 fully saturated rings. The van der Waals surface area contributed by atoms with Crippen molar-refractivity contribution in [2.75, 3.05) is 18.5 Å². The number of hydrogen-bond donors (Lipinski definition) is 1. The van der Waals surface area contributed by atoms with E-state index in [1.54, 1.807) is 0 Å². The predicted molar refractivity (Wildman–Crippen MR) is 91.5 cm³/mol. The third kappa shape index (κ3) is 4.40. The first-order valence-electron chi connectivity index (χ1n) is 7.82. The molecule has 21 heavy (non-hydrogen) atoms. The second kappa shape index (κ2) is 7.74. The smallest absolute Gasteiger partial charge is 0.222 e. The van der Waals surface area contributed by atoms with E-state index >= 15 is 0 Å². The number of hydrogen-bond acceptors (Lipinski definition) is 3. The van der Waals surface area contributed by atoms with Crippen LogP contribution < -0.4 is 5.73 Å². The molecule has 0 spiro atoms. The van der Waals surface area contributed by atoms with Crippen molar-refractivity contribution in [3.63, 3.8) is 0 Å². The van der Waals surface area contributed by atoms with Crippen molar-refractivity contribution >= 4 is 23.4 Å². The van der Waals surface area contributed by atoms with E-state index in [1.807, 2.05) is 48.0 Å². The van der Waals surface area contributed by atoms with Crippen LogP contribution >= 0.6 is 11.8 Å². The van der Waals surface area contributed by atoms with E-state index in [1.165, 1.54) is 12.2 Å². The summed E-state index contributed by atoms with van der Waals surface area (Å²) >= 11 is 2.03. The number of aryl methyl sites for hydroxylation is 1. The molecule has 116 valence electrons. The Labute approximate surface area is 132 Å². The van der Waals surface area contributed by atoms with E-state index in [0.717, 1.165) is 35.8 Å². The van der Waals surface area contributed by atoms with Gasteiger partial charge in [-0.3, -0.25) is 4.79 Å². The molecule has 2 N–H and O–H groups in total. The van der Waals surface area contributed by atoms with Crippen LogP contribution in [0, 0.1) is 0 Å². The monoisotopic (exact) mass is 306 g/mol. The Morgan fingerprint density at radius 2 is 2.14 bits per heavy atom. The van der Waals surface area contributed by atoms with Gasteiger partial charge in [0.1, 0.15) is 0 Å². The average molecular weight is 306 g/mol. The molecule has 0 heterocycles. The minimum absolute atomic E-state index is 0.241. The molecule has 1 aromatic carbocycles. The topological polar surface area (TPSA) is 46.3 Å². The van der Waals surface area contributed by atoms with Gasteiger partial charge in [0, 0.05) is 30.4 Å². The summed E-state index contributed by atoms with van der Waals surface area (Å²) in [4.78, 5) is 14.3. The Balaban J connectivity index is 1.82. The van der Waals surface area contributed by atoms with Crippen LogP contribution in [0.1, 0.15) is 38.2 Å². The molecule has 3 nitrogen and oxygen atoms in total. The fourth-order valence-corrected chi connectivity index (χ4v) is 4.17. The number of nitrogen functional groups attached to an aromatic ring is 1. The molecule has 0 saturated heterocycles. The maximum atomic E-state index is 12.4. The van der Waals surface area contributed by atoms with Gasteiger partial charge in [0.05, 0.1) is 0 Å². The van der Waals surface area contributed by atoms with Gasteiger partial charge in [-0.1, -0.05) is 25.1 Å². The molecule has 4 heteroatoms. The highest BCUT2D eigenvalue weighted by Crippen LogP contribution is 2.32. The van der Waals surface area contributed by atoms with Crippen molar-refractivity contribution in [2.45, 2.75) is 50.3 Å². The Kier molecular flexibility index (Phi) is 5.97.